The van der Waals surface area contributed by atoms with E-state index in [0.717, 1.165) is 6.42 Å². The highest BCUT2D eigenvalue weighted by Crippen LogP contribution is 2.25. The lowest BCUT2D eigenvalue weighted by Crippen LogP contribution is -2.08. The molecule has 18 heavy (non-hydrogen) atoms. The summed E-state index contributed by atoms with van der Waals surface area (Å²) in [5.41, 5.74) is 1.22. The third-order valence-electron chi connectivity index (χ3n) is 2.71. The van der Waals surface area contributed by atoms with Gasteiger partial charge >= 0.3 is 0 Å². The van der Waals surface area contributed by atoms with Crippen LogP contribution in [0.3, 0.4) is 0 Å². The second-order valence-corrected chi connectivity index (χ2v) is 6.44. The van der Waals surface area contributed by atoms with Gasteiger partial charge in [-0.15, -0.1) is 0 Å². The standard InChI is InChI=1S/C11H19ClN2O3S/c1-4-9-11(18(12,15)16)10(5-2)14(13-9)7-6-8-17-3/h4-8H2,1-3H3. The summed E-state index contributed by atoms with van der Waals surface area (Å²) in [4.78, 5) is 0.187. The number of aryl methyl sites for hydroxylation is 2. The average molecular weight is 295 g/mol. The van der Waals surface area contributed by atoms with E-state index in [1.54, 1.807) is 11.8 Å². The molecule has 0 saturated heterocycles. The summed E-state index contributed by atoms with van der Waals surface area (Å²) in [6.45, 7) is 5.02. The van der Waals surface area contributed by atoms with Gasteiger partial charge in [0.2, 0.25) is 0 Å². The number of rotatable bonds is 7. The molecule has 0 N–H and O–H groups in total. The molecule has 0 saturated carbocycles. The lowest BCUT2D eigenvalue weighted by Gasteiger charge is -2.06. The molecule has 0 atom stereocenters. The van der Waals surface area contributed by atoms with Crippen molar-refractivity contribution in [1.29, 1.82) is 0 Å². The minimum atomic E-state index is -3.74. The summed E-state index contributed by atoms with van der Waals surface area (Å²) >= 11 is 0. The Balaban J connectivity index is 3.17. The fourth-order valence-electron chi connectivity index (χ4n) is 1.93. The van der Waals surface area contributed by atoms with Crippen molar-refractivity contribution in [1.82, 2.24) is 9.78 Å². The maximum absolute atomic E-state index is 11.6. The van der Waals surface area contributed by atoms with Crippen LogP contribution in [0.5, 0.6) is 0 Å². The Morgan fingerprint density at radius 2 is 2.00 bits per heavy atom. The summed E-state index contributed by atoms with van der Waals surface area (Å²) in [5.74, 6) is 0. The molecular formula is C11H19ClN2O3S. The molecule has 0 aromatic carbocycles. The molecule has 0 amide bonds. The highest BCUT2D eigenvalue weighted by atomic mass is 35.7. The number of halogens is 1. The van der Waals surface area contributed by atoms with Crippen LogP contribution >= 0.6 is 10.7 Å². The van der Waals surface area contributed by atoms with Gasteiger partial charge in [-0.1, -0.05) is 13.8 Å². The zero-order chi connectivity index (χ0) is 13.8. The maximum Gasteiger partial charge on any atom is 0.264 e. The molecule has 0 radical (unpaired) electrons. The molecule has 0 aliphatic carbocycles. The number of methoxy groups -OCH3 is 1. The van der Waals surface area contributed by atoms with Gasteiger partial charge in [-0.05, 0) is 19.3 Å². The Labute approximate surface area is 113 Å². The molecule has 0 bridgehead atoms. The van der Waals surface area contributed by atoms with Gasteiger partial charge in [0.1, 0.15) is 4.90 Å². The van der Waals surface area contributed by atoms with E-state index >= 15 is 0 Å². The minimum absolute atomic E-state index is 0.187. The zero-order valence-electron chi connectivity index (χ0n) is 10.9. The van der Waals surface area contributed by atoms with Crippen LogP contribution in [0.1, 0.15) is 31.7 Å². The summed E-state index contributed by atoms with van der Waals surface area (Å²) in [7, 11) is 3.39. The molecule has 0 spiro atoms. The Morgan fingerprint density at radius 1 is 1.33 bits per heavy atom. The molecule has 5 nitrogen and oxygen atoms in total. The van der Waals surface area contributed by atoms with Crippen molar-refractivity contribution in [3.05, 3.63) is 11.4 Å². The zero-order valence-corrected chi connectivity index (χ0v) is 12.5. The van der Waals surface area contributed by atoms with Crippen LogP contribution in [-0.4, -0.2) is 31.9 Å². The number of hydrogen-bond acceptors (Lipinski definition) is 4. The SMILES string of the molecule is CCc1nn(CCCOC)c(CC)c1S(=O)(=O)Cl. The first-order chi connectivity index (χ1) is 8.45. The van der Waals surface area contributed by atoms with Crippen molar-refractivity contribution >= 4 is 19.7 Å². The lowest BCUT2D eigenvalue weighted by molar-refractivity contribution is 0.188. The third-order valence-corrected chi connectivity index (χ3v) is 4.13. The Hall–Kier alpha value is -0.590. The first-order valence-electron chi connectivity index (χ1n) is 5.97. The van der Waals surface area contributed by atoms with Crippen LogP contribution < -0.4 is 0 Å². The maximum atomic E-state index is 11.6. The molecule has 0 fully saturated rings. The number of aromatic nitrogens is 2. The quantitative estimate of drug-likeness (QED) is 0.570. The number of hydrogen-bond donors (Lipinski definition) is 0. The van der Waals surface area contributed by atoms with E-state index in [1.807, 2.05) is 13.8 Å². The minimum Gasteiger partial charge on any atom is -0.385 e. The predicted octanol–water partition coefficient (Wildman–Crippen LogP) is 1.97. The molecule has 1 rings (SSSR count). The molecule has 0 aliphatic rings. The van der Waals surface area contributed by atoms with Gasteiger partial charge in [0.15, 0.2) is 0 Å². The van der Waals surface area contributed by atoms with E-state index in [9.17, 15) is 8.42 Å². The Bertz CT molecular complexity index is 497. The van der Waals surface area contributed by atoms with Crippen molar-refractivity contribution in [2.75, 3.05) is 13.7 Å². The van der Waals surface area contributed by atoms with Crippen LogP contribution in [0.2, 0.25) is 0 Å². The lowest BCUT2D eigenvalue weighted by atomic mass is 10.2. The highest BCUT2D eigenvalue weighted by molar-refractivity contribution is 8.13. The number of ether oxygens (including phenoxy) is 1. The number of nitrogens with zero attached hydrogens (tertiary/aromatic N) is 2. The van der Waals surface area contributed by atoms with Gasteiger partial charge in [-0.3, -0.25) is 4.68 Å². The van der Waals surface area contributed by atoms with E-state index in [1.165, 1.54) is 0 Å². The van der Waals surface area contributed by atoms with Crippen LogP contribution in [0.4, 0.5) is 0 Å². The monoisotopic (exact) mass is 294 g/mol. The molecule has 104 valence electrons. The predicted molar refractivity (Wildman–Crippen MR) is 70.5 cm³/mol. The summed E-state index contributed by atoms with van der Waals surface area (Å²) in [6.07, 6.45) is 1.92. The Kier molecular flexibility index (Phi) is 5.62. The first-order valence-corrected chi connectivity index (χ1v) is 8.28. The first kappa shape index (κ1) is 15.5. The van der Waals surface area contributed by atoms with E-state index < -0.39 is 9.05 Å². The van der Waals surface area contributed by atoms with Crippen LogP contribution in [0, 0.1) is 0 Å². The summed E-state index contributed by atoms with van der Waals surface area (Å²) in [5, 5.41) is 4.34. The van der Waals surface area contributed by atoms with Gasteiger partial charge < -0.3 is 4.74 Å². The highest BCUT2D eigenvalue weighted by Gasteiger charge is 2.25. The molecule has 1 aromatic heterocycles. The van der Waals surface area contributed by atoms with Gasteiger partial charge in [0, 0.05) is 30.9 Å². The van der Waals surface area contributed by atoms with Gasteiger partial charge in [0.05, 0.1) is 11.4 Å². The van der Waals surface area contributed by atoms with Crippen molar-refractivity contribution in [3.63, 3.8) is 0 Å². The smallest absolute Gasteiger partial charge is 0.264 e. The molecular weight excluding hydrogens is 276 g/mol. The largest absolute Gasteiger partial charge is 0.385 e. The van der Waals surface area contributed by atoms with Crippen molar-refractivity contribution in [2.24, 2.45) is 0 Å². The summed E-state index contributed by atoms with van der Waals surface area (Å²) < 4.78 is 30.0. The molecule has 7 heteroatoms. The third kappa shape index (κ3) is 3.46. The van der Waals surface area contributed by atoms with Crippen molar-refractivity contribution < 1.29 is 13.2 Å². The Morgan fingerprint density at radius 3 is 2.44 bits per heavy atom. The fraction of sp³-hybridized carbons (Fsp3) is 0.727. The van der Waals surface area contributed by atoms with Gasteiger partial charge in [-0.2, -0.15) is 5.10 Å². The molecule has 0 aliphatic heterocycles. The fourth-order valence-corrected chi connectivity index (χ4v) is 3.47. The van der Waals surface area contributed by atoms with E-state index in [-0.39, 0.29) is 4.90 Å². The van der Waals surface area contributed by atoms with Crippen molar-refractivity contribution in [2.45, 2.75) is 44.6 Å². The van der Waals surface area contributed by atoms with Gasteiger partial charge in [0.25, 0.3) is 9.05 Å². The second-order valence-electron chi connectivity index (χ2n) is 3.94. The van der Waals surface area contributed by atoms with Crippen LogP contribution in [0.15, 0.2) is 4.90 Å². The molecule has 1 aromatic rings. The molecule has 0 unspecified atom stereocenters. The topological polar surface area (TPSA) is 61.2 Å². The normalized spacial score (nSPS) is 12.0. The van der Waals surface area contributed by atoms with E-state index in [4.69, 9.17) is 15.4 Å². The van der Waals surface area contributed by atoms with Crippen LogP contribution in [-0.2, 0) is 33.2 Å². The van der Waals surface area contributed by atoms with Gasteiger partial charge in [-0.25, -0.2) is 8.42 Å². The van der Waals surface area contributed by atoms with Crippen LogP contribution in [0.25, 0.3) is 0 Å². The van der Waals surface area contributed by atoms with Crippen molar-refractivity contribution in [3.8, 4) is 0 Å². The van der Waals surface area contributed by atoms with E-state index in [0.29, 0.717) is 37.4 Å². The summed E-state index contributed by atoms with van der Waals surface area (Å²) in [6, 6.07) is 0. The second kappa shape index (κ2) is 6.54. The molecule has 1 heterocycles. The average Bonchev–Trinajstić information content (AvgIpc) is 2.67. The van der Waals surface area contributed by atoms with E-state index in [2.05, 4.69) is 5.10 Å².